The molecule has 0 saturated carbocycles. The maximum atomic E-state index is 13.2. The molecule has 1 amide bonds. The van der Waals surface area contributed by atoms with E-state index in [0.717, 1.165) is 23.6 Å². The van der Waals surface area contributed by atoms with Crippen molar-refractivity contribution < 1.29 is 18.0 Å². The smallest absolute Gasteiger partial charge is 0.322 e. The van der Waals surface area contributed by atoms with Crippen molar-refractivity contribution in [3.8, 4) is 0 Å². The Labute approximate surface area is 145 Å². The first-order chi connectivity index (χ1) is 11.6. The summed E-state index contributed by atoms with van der Waals surface area (Å²) in [5.74, 6) is -0.502. The second kappa shape index (κ2) is 5.90. The van der Waals surface area contributed by atoms with E-state index in [2.05, 4.69) is 26.1 Å². The van der Waals surface area contributed by atoms with Gasteiger partial charge in [0.05, 0.1) is 11.1 Å². The quantitative estimate of drug-likeness (QED) is 0.737. The molecule has 25 heavy (non-hydrogen) atoms. The van der Waals surface area contributed by atoms with Crippen LogP contribution in [0.3, 0.4) is 0 Å². The topological polar surface area (TPSA) is 29.1 Å². The zero-order chi connectivity index (χ0) is 18.4. The normalized spacial score (nSPS) is 18.7. The van der Waals surface area contributed by atoms with Gasteiger partial charge in [0.15, 0.2) is 0 Å². The number of anilines is 1. The Morgan fingerprint density at radius 3 is 2.48 bits per heavy atom. The lowest BCUT2D eigenvalue weighted by molar-refractivity contribution is -0.137. The third-order valence-corrected chi connectivity index (χ3v) is 4.87. The van der Waals surface area contributed by atoms with Crippen LogP contribution in [0.2, 0.25) is 0 Å². The molecular formula is C20H20F3NO. The highest BCUT2D eigenvalue weighted by atomic mass is 19.4. The molecule has 0 radical (unpaired) electrons. The lowest BCUT2D eigenvalue weighted by Crippen LogP contribution is -2.19. The fourth-order valence-corrected chi connectivity index (χ4v) is 3.89. The Kier molecular flexibility index (Phi) is 4.13. The molecule has 0 aliphatic heterocycles. The molecule has 0 spiro atoms. The molecule has 0 fully saturated rings. The van der Waals surface area contributed by atoms with E-state index in [0.29, 0.717) is 5.69 Å². The highest BCUT2D eigenvalue weighted by Gasteiger charge is 2.37. The molecule has 0 unspecified atom stereocenters. The van der Waals surface area contributed by atoms with Gasteiger partial charge in [-0.1, -0.05) is 45.0 Å². The van der Waals surface area contributed by atoms with Crippen molar-refractivity contribution in [2.24, 2.45) is 0 Å². The van der Waals surface area contributed by atoms with Gasteiger partial charge in [0.1, 0.15) is 0 Å². The third-order valence-electron chi connectivity index (χ3n) is 4.87. The monoisotopic (exact) mass is 347 g/mol. The van der Waals surface area contributed by atoms with Gasteiger partial charge in [-0.25, -0.2) is 0 Å². The number of hydrogen-bond donors (Lipinski definition) is 1. The van der Waals surface area contributed by atoms with Gasteiger partial charge >= 0.3 is 6.18 Å². The molecule has 1 atom stereocenters. The lowest BCUT2D eigenvalue weighted by atomic mass is 9.86. The summed E-state index contributed by atoms with van der Waals surface area (Å²) >= 11 is 0. The first kappa shape index (κ1) is 17.5. The van der Waals surface area contributed by atoms with Crippen LogP contribution in [0.25, 0.3) is 0 Å². The van der Waals surface area contributed by atoms with Crippen LogP contribution >= 0.6 is 0 Å². The summed E-state index contributed by atoms with van der Waals surface area (Å²) in [6.07, 6.45) is -3.63. The molecule has 1 aliphatic carbocycles. The fourth-order valence-electron chi connectivity index (χ4n) is 3.89. The number of benzene rings is 2. The van der Waals surface area contributed by atoms with Crippen LogP contribution in [0, 0.1) is 0 Å². The molecular weight excluding hydrogens is 327 g/mol. The zero-order valence-electron chi connectivity index (χ0n) is 14.4. The van der Waals surface area contributed by atoms with Crippen molar-refractivity contribution >= 4 is 11.6 Å². The van der Waals surface area contributed by atoms with Gasteiger partial charge in [0.25, 0.3) is 5.91 Å². The minimum absolute atomic E-state index is 0.0145. The maximum absolute atomic E-state index is 13.2. The standard InChI is InChI=1S/C20H20F3NO/c1-12-11-19(2,3)15-9-6-10-16(17(12)15)24-18(25)13-7-4-5-8-14(13)20(21,22)23/h4-10,12H,11H2,1-3H3,(H,24,25)/t12-/m0/s1. The molecule has 0 saturated heterocycles. The molecule has 3 rings (SSSR count). The Balaban J connectivity index is 1.99. The minimum Gasteiger partial charge on any atom is -0.322 e. The first-order valence-corrected chi connectivity index (χ1v) is 8.22. The summed E-state index contributed by atoms with van der Waals surface area (Å²) in [7, 11) is 0. The Hall–Kier alpha value is -2.30. The predicted molar refractivity (Wildman–Crippen MR) is 91.9 cm³/mol. The van der Waals surface area contributed by atoms with Crippen LogP contribution in [-0.4, -0.2) is 5.91 Å². The summed E-state index contributed by atoms with van der Waals surface area (Å²) in [5.41, 5.74) is 1.45. The fraction of sp³-hybridized carbons (Fsp3) is 0.350. The zero-order valence-corrected chi connectivity index (χ0v) is 14.4. The molecule has 0 bridgehead atoms. The summed E-state index contributed by atoms with van der Waals surface area (Å²) < 4.78 is 39.5. The number of halogens is 3. The van der Waals surface area contributed by atoms with E-state index in [1.165, 1.54) is 18.2 Å². The van der Waals surface area contributed by atoms with Crippen LogP contribution in [0.4, 0.5) is 18.9 Å². The van der Waals surface area contributed by atoms with Gasteiger partial charge in [0, 0.05) is 5.69 Å². The molecule has 2 aromatic carbocycles. The molecule has 1 aliphatic rings. The third kappa shape index (κ3) is 3.15. The van der Waals surface area contributed by atoms with Gasteiger partial charge in [0.2, 0.25) is 0 Å². The van der Waals surface area contributed by atoms with Gasteiger partial charge in [-0.2, -0.15) is 13.2 Å². The second-order valence-corrected chi connectivity index (χ2v) is 7.25. The van der Waals surface area contributed by atoms with Crippen molar-refractivity contribution in [3.05, 3.63) is 64.7 Å². The number of carbonyl (C=O) groups is 1. The average Bonchev–Trinajstić information content (AvgIpc) is 2.77. The number of rotatable bonds is 2. The average molecular weight is 347 g/mol. The SMILES string of the molecule is C[C@H]1CC(C)(C)c2cccc(NC(=O)c3ccccc3C(F)(F)F)c21. The van der Waals surface area contributed by atoms with Crippen molar-refractivity contribution in [1.29, 1.82) is 0 Å². The van der Waals surface area contributed by atoms with E-state index in [4.69, 9.17) is 0 Å². The van der Waals surface area contributed by atoms with E-state index < -0.39 is 17.6 Å². The summed E-state index contributed by atoms with van der Waals surface area (Å²) in [6, 6.07) is 10.5. The van der Waals surface area contributed by atoms with Crippen LogP contribution in [-0.2, 0) is 11.6 Å². The Morgan fingerprint density at radius 1 is 1.12 bits per heavy atom. The minimum atomic E-state index is -4.57. The summed E-state index contributed by atoms with van der Waals surface area (Å²) in [4.78, 5) is 12.5. The Bertz CT molecular complexity index is 824. The second-order valence-electron chi connectivity index (χ2n) is 7.25. The number of nitrogens with one attached hydrogen (secondary N) is 1. The Morgan fingerprint density at radius 2 is 1.80 bits per heavy atom. The number of alkyl halides is 3. The van der Waals surface area contributed by atoms with Gasteiger partial charge in [-0.15, -0.1) is 0 Å². The number of hydrogen-bond acceptors (Lipinski definition) is 1. The van der Waals surface area contributed by atoms with Gasteiger partial charge < -0.3 is 5.32 Å². The highest BCUT2D eigenvalue weighted by Crippen LogP contribution is 2.48. The first-order valence-electron chi connectivity index (χ1n) is 8.22. The number of amides is 1. The molecule has 2 aromatic rings. The molecule has 132 valence electrons. The largest absolute Gasteiger partial charge is 0.417 e. The predicted octanol–water partition coefficient (Wildman–Crippen LogP) is 5.74. The number of fused-ring (bicyclic) bond motifs is 1. The van der Waals surface area contributed by atoms with E-state index in [-0.39, 0.29) is 16.9 Å². The van der Waals surface area contributed by atoms with Crippen LogP contribution in [0.15, 0.2) is 42.5 Å². The van der Waals surface area contributed by atoms with E-state index in [1.54, 1.807) is 6.07 Å². The van der Waals surface area contributed by atoms with Crippen LogP contribution < -0.4 is 5.32 Å². The molecule has 1 N–H and O–H groups in total. The van der Waals surface area contributed by atoms with Crippen molar-refractivity contribution in [1.82, 2.24) is 0 Å². The number of carbonyl (C=O) groups excluding carboxylic acids is 1. The van der Waals surface area contributed by atoms with E-state index in [9.17, 15) is 18.0 Å². The van der Waals surface area contributed by atoms with Crippen molar-refractivity contribution in [2.45, 2.75) is 44.7 Å². The van der Waals surface area contributed by atoms with Crippen LogP contribution in [0.5, 0.6) is 0 Å². The summed E-state index contributed by atoms with van der Waals surface area (Å²) in [6.45, 7) is 6.35. The van der Waals surface area contributed by atoms with Gasteiger partial charge in [-0.05, 0) is 47.1 Å². The molecule has 0 heterocycles. The van der Waals surface area contributed by atoms with Crippen molar-refractivity contribution in [2.75, 3.05) is 5.32 Å². The van der Waals surface area contributed by atoms with E-state index in [1.807, 2.05) is 12.1 Å². The summed E-state index contributed by atoms with van der Waals surface area (Å²) in [5, 5.41) is 2.70. The lowest BCUT2D eigenvalue weighted by Gasteiger charge is -2.19. The molecule has 5 heteroatoms. The maximum Gasteiger partial charge on any atom is 0.417 e. The van der Waals surface area contributed by atoms with Crippen molar-refractivity contribution in [3.63, 3.8) is 0 Å². The molecule has 0 aromatic heterocycles. The van der Waals surface area contributed by atoms with Crippen LogP contribution in [0.1, 0.15) is 60.2 Å². The van der Waals surface area contributed by atoms with E-state index >= 15 is 0 Å². The highest BCUT2D eigenvalue weighted by molar-refractivity contribution is 6.06. The molecule has 2 nitrogen and oxygen atoms in total. The van der Waals surface area contributed by atoms with Gasteiger partial charge in [-0.3, -0.25) is 4.79 Å².